The molecule has 1 aliphatic heterocycles. The van der Waals surface area contributed by atoms with Crippen LogP contribution in [0.3, 0.4) is 0 Å². The maximum absolute atomic E-state index is 10.4. The highest BCUT2D eigenvalue weighted by Gasteiger charge is 2.44. The fraction of sp³-hybridized carbons (Fsp3) is 0.400. The van der Waals surface area contributed by atoms with Gasteiger partial charge in [0, 0.05) is 10.6 Å². The van der Waals surface area contributed by atoms with Crippen LogP contribution in [-0.2, 0) is 4.74 Å². The Morgan fingerprint density at radius 3 is 2.88 bits per heavy atom. The van der Waals surface area contributed by atoms with Crippen molar-refractivity contribution in [2.45, 2.75) is 36.4 Å². The van der Waals surface area contributed by atoms with Gasteiger partial charge in [0.1, 0.15) is 29.8 Å². The van der Waals surface area contributed by atoms with Crippen LogP contribution in [0.2, 0.25) is 0 Å². The van der Waals surface area contributed by atoms with Gasteiger partial charge in [0.05, 0.1) is 18.7 Å². The van der Waals surface area contributed by atoms with E-state index < -0.39 is 24.5 Å². The predicted octanol–water partition coefficient (Wildman–Crippen LogP) is 0.721. The second-order valence-corrected chi connectivity index (χ2v) is 6.84. The molecule has 25 heavy (non-hydrogen) atoms. The van der Waals surface area contributed by atoms with Crippen molar-refractivity contribution in [2.75, 3.05) is 11.5 Å². The molecule has 0 aliphatic carbocycles. The van der Waals surface area contributed by atoms with Gasteiger partial charge >= 0.3 is 0 Å². The fourth-order valence-electron chi connectivity index (χ4n) is 2.85. The van der Waals surface area contributed by atoms with Crippen molar-refractivity contribution in [2.24, 2.45) is 0 Å². The van der Waals surface area contributed by atoms with Crippen molar-refractivity contribution < 1.29 is 19.4 Å². The molecule has 4 atom stereocenters. The number of anilines is 1. The van der Waals surface area contributed by atoms with E-state index in [9.17, 15) is 10.2 Å². The number of rotatable bonds is 4. The second-order valence-electron chi connectivity index (χ2n) is 5.78. The topological polar surface area (TPSA) is 132 Å². The van der Waals surface area contributed by atoms with Crippen LogP contribution in [0.5, 0.6) is 0 Å². The number of nitrogen functional groups attached to an aromatic ring is 1. The van der Waals surface area contributed by atoms with Crippen molar-refractivity contribution in [3.63, 3.8) is 0 Å². The molecule has 0 saturated carbocycles. The normalized spacial score (nSPS) is 26.5. The molecule has 0 radical (unpaired) electrons. The third kappa shape index (κ3) is 2.76. The SMILES string of the molecule is Cc1occc1SC[C@H]1O[C@@H](n2cnc3c(N)ncnc32)[C@H](O)[C@@H]1O. The zero-order valence-corrected chi connectivity index (χ0v) is 14.1. The van der Waals surface area contributed by atoms with Crippen LogP contribution >= 0.6 is 11.8 Å². The molecule has 10 heteroatoms. The molecule has 0 aromatic carbocycles. The van der Waals surface area contributed by atoms with Gasteiger partial charge in [-0.1, -0.05) is 0 Å². The summed E-state index contributed by atoms with van der Waals surface area (Å²) in [7, 11) is 0. The van der Waals surface area contributed by atoms with Crippen molar-refractivity contribution in [3.8, 4) is 0 Å². The molecule has 4 N–H and O–H groups in total. The Bertz CT molecular complexity index is 897. The van der Waals surface area contributed by atoms with E-state index in [1.165, 1.54) is 24.4 Å². The Morgan fingerprint density at radius 2 is 2.12 bits per heavy atom. The van der Waals surface area contributed by atoms with Gasteiger partial charge in [-0.05, 0) is 13.0 Å². The summed E-state index contributed by atoms with van der Waals surface area (Å²) in [5.41, 5.74) is 6.66. The summed E-state index contributed by atoms with van der Waals surface area (Å²) in [4.78, 5) is 13.2. The molecule has 4 rings (SSSR count). The first-order chi connectivity index (χ1) is 12.1. The van der Waals surface area contributed by atoms with Gasteiger partial charge in [0.25, 0.3) is 0 Å². The third-order valence-electron chi connectivity index (χ3n) is 4.21. The molecular formula is C15H17N5O4S. The number of furan rings is 1. The average molecular weight is 363 g/mol. The first kappa shape index (κ1) is 16.3. The summed E-state index contributed by atoms with van der Waals surface area (Å²) in [5, 5.41) is 20.8. The third-order valence-corrected chi connectivity index (χ3v) is 5.44. The zero-order valence-electron chi connectivity index (χ0n) is 13.3. The molecule has 0 amide bonds. The molecule has 0 unspecified atom stereocenters. The molecule has 0 spiro atoms. The highest BCUT2D eigenvalue weighted by Crippen LogP contribution is 2.35. The lowest BCUT2D eigenvalue weighted by Gasteiger charge is -2.16. The van der Waals surface area contributed by atoms with E-state index in [4.69, 9.17) is 14.9 Å². The van der Waals surface area contributed by atoms with Crippen LogP contribution in [0.1, 0.15) is 12.0 Å². The van der Waals surface area contributed by atoms with E-state index in [1.807, 2.05) is 13.0 Å². The van der Waals surface area contributed by atoms with Gasteiger partial charge in [-0.25, -0.2) is 15.0 Å². The van der Waals surface area contributed by atoms with Gasteiger partial charge in [0.15, 0.2) is 17.7 Å². The highest BCUT2D eigenvalue weighted by atomic mass is 32.2. The number of aryl methyl sites for hydroxylation is 1. The Kier molecular flexibility index (Phi) is 4.12. The Labute approximate surface area is 146 Å². The summed E-state index contributed by atoms with van der Waals surface area (Å²) < 4.78 is 12.7. The molecule has 1 fully saturated rings. The number of aromatic nitrogens is 4. The number of aliphatic hydroxyl groups is 2. The fourth-order valence-corrected chi connectivity index (χ4v) is 3.87. The summed E-state index contributed by atoms with van der Waals surface area (Å²) in [5.74, 6) is 1.53. The molecule has 9 nitrogen and oxygen atoms in total. The van der Waals surface area contributed by atoms with Gasteiger partial charge < -0.3 is 25.1 Å². The summed E-state index contributed by atoms with van der Waals surface area (Å²) in [6.45, 7) is 1.87. The summed E-state index contributed by atoms with van der Waals surface area (Å²) in [6.07, 6.45) is 0.935. The summed E-state index contributed by atoms with van der Waals surface area (Å²) in [6, 6.07) is 1.86. The van der Waals surface area contributed by atoms with Crippen LogP contribution in [-0.4, -0.2) is 53.8 Å². The van der Waals surface area contributed by atoms with Crippen LogP contribution in [0.4, 0.5) is 5.82 Å². The minimum Gasteiger partial charge on any atom is -0.468 e. The number of thioether (sulfide) groups is 1. The number of nitrogens with two attached hydrogens (primary N) is 1. The maximum atomic E-state index is 10.4. The molecule has 132 valence electrons. The first-order valence-electron chi connectivity index (χ1n) is 7.67. The lowest BCUT2D eigenvalue weighted by atomic mass is 10.1. The van der Waals surface area contributed by atoms with E-state index in [0.717, 1.165) is 10.7 Å². The van der Waals surface area contributed by atoms with Gasteiger partial charge in [-0.3, -0.25) is 4.57 Å². The van der Waals surface area contributed by atoms with Gasteiger partial charge in [0.2, 0.25) is 0 Å². The smallest absolute Gasteiger partial charge is 0.167 e. The quantitative estimate of drug-likeness (QED) is 0.573. The van der Waals surface area contributed by atoms with E-state index in [-0.39, 0.29) is 5.82 Å². The molecular weight excluding hydrogens is 346 g/mol. The molecule has 4 heterocycles. The number of hydrogen-bond donors (Lipinski definition) is 3. The van der Waals surface area contributed by atoms with Crippen molar-refractivity contribution in [1.82, 2.24) is 19.5 Å². The summed E-state index contributed by atoms with van der Waals surface area (Å²) >= 11 is 1.50. The van der Waals surface area contributed by atoms with E-state index in [0.29, 0.717) is 16.9 Å². The van der Waals surface area contributed by atoms with Crippen LogP contribution in [0.25, 0.3) is 11.2 Å². The van der Waals surface area contributed by atoms with Crippen molar-refractivity contribution in [1.29, 1.82) is 0 Å². The predicted molar refractivity (Wildman–Crippen MR) is 89.8 cm³/mol. The molecule has 3 aromatic heterocycles. The van der Waals surface area contributed by atoms with Crippen molar-refractivity contribution >= 4 is 28.7 Å². The van der Waals surface area contributed by atoms with Crippen LogP contribution < -0.4 is 5.73 Å². The molecule has 1 saturated heterocycles. The Hall–Kier alpha value is -2.14. The first-order valence-corrected chi connectivity index (χ1v) is 8.66. The van der Waals surface area contributed by atoms with E-state index in [2.05, 4.69) is 15.0 Å². The number of imidazole rings is 1. The second kappa shape index (κ2) is 6.30. The number of nitrogens with zero attached hydrogens (tertiary/aromatic N) is 4. The number of fused-ring (bicyclic) bond motifs is 1. The number of aliphatic hydroxyl groups excluding tert-OH is 2. The zero-order chi connectivity index (χ0) is 17.6. The van der Waals surface area contributed by atoms with E-state index in [1.54, 1.807) is 10.8 Å². The monoisotopic (exact) mass is 363 g/mol. The lowest BCUT2D eigenvalue weighted by Crippen LogP contribution is -2.32. The van der Waals surface area contributed by atoms with Crippen molar-refractivity contribution in [3.05, 3.63) is 30.7 Å². The van der Waals surface area contributed by atoms with Gasteiger partial charge in [-0.15, -0.1) is 11.8 Å². The largest absolute Gasteiger partial charge is 0.468 e. The Balaban J connectivity index is 1.55. The van der Waals surface area contributed by atoms with Gasteiger partial charge in [-0.2, -0.15) is 0 Å². The van der Waals surface area contributed by atoms with E-state index >= 15 is 0 Å². The minimum absolute atomic E-state index is 0.249. The molecule has 1 aliphatic rings. The minimum atomic E-state index is -1.11. The highest BCUT2D eigenvalue weighted by molar-refractivity contribution is 7.99. The standard InChI is InChI=1S/C15H17N5O4S/c1-7-9(2-3-23-7)25-4-8-11(21)12(22)15(24-8)20-6-19-10-13(16)17-5-18-14(10)20/h2-3,5-6,8,11-12,15,21-22H,4H2,1H3,(H2,16,17,18)/t8-,11-,12-,15-/m1/s1. The van der Waals surface area contributed by atoms with Crippen LogP contribution in [0, 0.1) is 6.92 Å². The Morgan fingerprint density at radius 1 is 1.28 bits per heavy atom. The molecule has 3 aromatic rings. The molecule has 0 bridgehead atoms. The maximum Gasteiger partial charge on any atom is 0.167 e. The lowest BCUT2D eigenvalue weighted by molar-refractivity contribution is -0.0289. The average Bonchev–Trinajstić information content (AvgIpc) is 3.27. The number of ether oxygens (including phenoxy) is 1. The van der Waals surface area contributed by atoms with Crippen LogP contribution in [0.15, 0.2) is 34.3 Å². The number of hydrogen-bond acceptors (Lipinski definition) is 9.